The van der Waals surface area contributed by atoms with E-state index in [1.807, 2.05) is 0 Å². The first-order valence-corrected chi connectivity index (χ1v) is 5.27. The van der Waals surface area contributed by atoms with Gasteiger partial charge in [-0.15, -0.1) is 0 Å². The summed E-state index contributed by atoms with van der Waals surface area (Å²) in [6.45, 7) is 9.77. The molecule has 13 heavy (non-hydrogen) atoms. The highest BCUT2D eigenvalue weighted by Gasteiger charge is 1.98. The molecule has 0 amide bonds. The van der Waals surface area contributed by atoms with Crippen molar-refractivity contribution < 1.29 is 4.74 Å². The SMILES string of the molecule is C=COCCCNC(C)CCCC. The Bertz CT molecular complexity index is 115. The minimum Gasteiger partial charge on any atom is -0.502 e. The van der Waals surface area contributed by atoms with E-state index < -0.39 is 0 Å². The lowest BCUT2D eigenvalue weighted by Crippen LogP contribution is -2.27. The van der Waals surface area contributed by atoms with Gasteiger partial charge in [-0.2, -0.15) is 0 Å². The molecule has 0 bridgehead atoms. The molecule has 78 valence electrons. The van der Waals surface area contributed by atoms with Gasteiger partial charge in [-0.05, 0) is 26.3 Å². The van der Waals surface area contributed by atoms with Gasteiger partial charge in [-0.3, -0.25) is 0 Å². The van der Waals surface area contributed by atoms with E-state index in [0.717, 1.165) is 19.6 Å². The van der Waals surface area contributed by atoms with Gasteiger partial charge in [0, 0.05) is 6.04 Å². The molecule has 2 heteroatoms. The van der Waals surface area contributed by atoms with Gasteiger partial charge in [0.25, 0.3) is 0 Å². The lowest BCUT2D eigenvalue weighted by Gasteiger charge is -2.12. The van der Waals surface area contributed by atoms with Crippen LogP contribution in [0.25, 0.3) is 0 Å². The Morgan fingerprint density at radius 3 is 2.85 bits per heavy atom. The molecule has 1 N–H and O–H groups in total. The Morgan fingerprint density at radius 1 is 1.46 bits per heavy atom. The fourth-order valence-corrected chi connectivity index (χ4v) is 1.20. The van der Waals surface area contributed by atoms with Gasteiger partial charge in [-0.25, -0.2) is 0 Å². The van der Waals surface area contributed by atoms with E-state index >= 15 is 0 Å². The number of unbranched alkanes of at least 4 members (excludes halogenated alkanes) is 1. The number of ether oxygens (including phenoxy) is 1. The van der Waals surface area contributed by atoms with Crippen LogP contribution in [0, 0.1) is 0 Å². The molecule has 0 fully saturated rings. The summed E-state index contributed by atoms with van der Waals surface area (Å²) < 4.78 is 5.02. The molecular weight excluding hydrogens is 162 g/mol. The average Bonchev–Trinajstić information content (AvgIpc) is 2.14. The Kier molecular flexibility index (Phi) is 9.22. The lowest BCUT2D eigenvalue weighted by atomic mass is 10.1. The molecule has 0 saturated heterocycles. The summed E-state index contributed by atoms with van der Waals surface area (Å²) in [5, 5.41) is 3.46. The van der Waals surface area contributed by atoms with Crippen LogP contribution in [-0.4, -0.2) is 19.2 Å². The maximum absolute atomic E-state index is 5.02. The summed E-state index contributed by atoms with van der Waals surface area (Å²) in [5.74, 6) is 0. The van der Waals surface area contributed by atoms with E-state index in [-0.39, 0.29) is 0 Å². The Labute approximate surface area is 82.4 Å². The van der Waals surface area contributed by atoms with Crippen LogP contribution in [0.1, 0.15) is 39.5 Å². The van der Waals surface area contributed by atoms with Crippen LogP contribution in [0.4, 0.5) is 0 Å². The second-order valence-corrected chi connectivity index (χ2v) is 3.39. The molecule has 0 heterocycles. The second kappa shape index (κ2) is 9.59. The van der Waals surface area contributed by atoms with E-state index in [4.69, 9.17) is 4.74 Å². The number of hydrogen-bond donors (Lipinski definition) is 1. The third-order valence-electron chi connectivity index (χ3n) is 2.04. The number of nitrogens with one attached hydrogen (secondary N) is 1. The zero-order chi connectivity index (χ0) is 9.94. The molecule has 0 aromatic carbocycles. The highest BCUT2D eigenvalue weighted by atomic mass is 16.5. The van der Waals surface area contributed by atoms with Crippen molar-refractivity contribution in [2.75, 3.05) is 13.2 Å². The van der Waals surface area contributed by atoms with Gasteiger partial charge in [0.2, 0.25) is 0 Å². The molecular formula is C11H23NO. The minimum absolute atomic E-state index is 0.642. The number of rotatable bonds is 9. The van der Waals surface area contributed by atoms with Crippen molar-refractivity contribution in [3.63, 3.8) is 0 Å². The zero-order valence-electron chi connectivity index (χ0n) is 9.01. The third kappa shape index (κ3) is 9.41. The molecule has 0 aromatic heterocycles. The predicted octanol–water partition coefficient (Wildman–Crippen LogP) is 2.70. The standard InChI is InChI=1S/C11H23NO/c1-4-6-8-11(3)12-9-7-10-13-5-2/h5,11-12H,2,4,6-10H2,1,3H3. The quantitative estimate of drug-likeness (QED) is 0.440. The minimum atomic E-state index is 0.642. The maximum atomic E-state index is 5.02. The van der Waals surface area contributed by atoms with E-state index in [1.165, 1.54) is 25.5 Å². The second-order valence-electron chi connectivity index (χ2n) is 3.39. The third-order valence-corrected chi connectivity index (χ3v) is 2.04. The molecule has 0 aliphatic rings. The fourth-order valence-electron chi connectivity index (χ4n) is 1.20. The largest absolute Gasteiger partial charge is 0.502 e. The van der Waals surface area contributed by atoms with E-state index in [2.05, 4.69) is 25.7 Å². The molecule has 1 unspecified atom stereocenters. The number of hydrogen-bond acceptors (Lipinski definition) is 2. The summed E-state index contributed by atoms with van der Waals surface area (Å²) in [4.78, 5) is 0. The predicted molar refractivity (Wildman–Crippen MR) is 57.8 cm³/mol. The van der Waals surface area contributed by atoms with Crippen molar-refractivity contribution in [3.05, 3.63) is 12.8 Å². The smallest absolute Gasteiger partial charge is 0.0885 e. The van der Waals surface area contributed by atoms with Crippen molar-refractivity contribution in [2.24, 2.45) is 0 Å². The fraction of sp³-hybridized carbons (Fsp3) is 0.818. The van der Waals surface area contributed by atoms with Crippen molar-refractivity contribution in [1.82, 2.24) is 5.32 Å². The molecule has 0 spiro atoms. The van der Waals surface area contributed by atoms with Gasteiger partial charge >= 0.3 is 0 Å². The molecule has 0 saturated carbocycles. The highest BCUT2D eigenvalue weighted by molar-refractivity contribution is 4.60. The van der Waals surface area contributed by atoms with Gasteiger partial charge in [0.05, 0.1) is 12.9 Å². The van der Waals surface area contributed by atoms with Crippen molar-refractivity contribution >= 4 is 0 Å². The first-order valence-electron chi connectivity index (χ1n) is 5.27. The molecule has 2 nitrogen and oxygen atoms in total. The molecule has 1 atom stereocenters. The van der Waals surface area contributed by atoms with Crippen LogP contribution < -0.4 is 5.32 Å². The van der Waals surface area contributed by atoms with E-state index in [0.29, 0.717) is 6.04 Å². The van der Waals surface area contributed by atoms with Gasteiger partial charge in [0.1, 0.15) is 0 Å². The van der Waals surface area contributed by atoms with E-state index in [9.17, 15) is 0 Å². The first kappa shape index (κ1) is 12.5. The topological polar surface area (TPSA) is 21.3 Å². The summed E-state index contributed by atoms with van der Waals surface area (Å²) in [6.07, 6.45) is 6.44. The van der Waals surface area contributed by atoms with Gasteiger partial charge < -0.3 is 10.1 Å². The van der Waals surface area contributed by atoms with Crippen LogP contribution in [0.2, 0.25) is 0 Å². The van der Waals surface area contributed by atoms with Crippen LogP contribution in [-0.2, 0) is 4.74 Å². The van der Waals surface area contributed by atoms with Crippen molar-refractivity contribution in [1.29, 1.82) is 0 Å². The highest BCUT2D eigenvalue weighted by Crippen LogP contribution is 1.99. The van der Waals surface area contributed by atoms with Crippen LogP contribution in [0.3, 0.4) is 0 Å². The first-order chi connectivity index (χ1) is 6.31. The summed E-state index contributed by atoms with van der Waals surface area (Å²) >= 11 is 0. The van der Waals surface area contributed by atoms with Crippen molar-refractivity contribution in [3.8, 4) is 0 Å². The Balaban J connectivity index is 3.07. The van der Waals surface area contributed by atoms with Crippen LogP contribution >= 0.6 is 0 Å². The van der Waals surface area contributed by atoms with Crippen LogP contribution in [0.5, 0.6) is 0 Å². The Hall–Kier alpha value is -0.500. The normalized spacial score (nSPS) is 12.5. The Morgan fingerprint density at radius 2 is 2.23 bits per heavy atom. The van der Waals surface area contributed by atoms with E-state index in [1.54, 1.807) is 0 Å². The maximum Gasteiger partial charge on any atom is 0.0885 e. The molecule has 0 aromatic rings. The monoisotopic (exact) mass is 185 g/mol. The summed E-state index contributed by atoms with van der Waals surface area (Å²) in [7, 11) is 0. The average molecular weight is 185 g/mol. The molecule has 0 aliphatic heterocycles. The molecule has 0 radical (unpaired) electrons. The molecule has 0 rings (SSSR count). The van der Waals surface area contributed by atoms with Crippen LogP contribution in [0.15, 0.2) is 12.8 Å². The summed E-state index contributed by atoms with van der Waals surface area (Å²) in [5.41, 5.74) is 0. The summed E-state index contributed by atoms with van der Waals surface area (Å²) in [6, 6.07) is 0.642. The van der Waals surface area contributed by atoms with Gasteiger partial charge in [-0.1, -0.05) is 26.3 Å². The molecule has 0 aliphatic carbocycles. The van der Waals surface area contributed by atoms with Crippen molar-refractivity contribution in [2.45, 2.75) is 45.6 Å². The zero-order valence-corrected chi connectivity index (χ0v) is 9.01. The van der Waals surface area contributed by atoms with Gasteiger partial charge in [0.15, 0.2) is 0 Å². The lowest BCUT2D eigenvalue weighted by molar-refractivity contribution is 0.242.